The number of amides is 1. The molecule has 104 valence electrons. The SMILES string of the molecule is CCOC(=O)c1cc2ccc(NC(C)=O)cc2oc1=O. The minimum absolute atomic E-state index is 0.147. The minimum atomic E-state index is -0.768. The van der Waals surface area contributed by atoms with E-state index in [0.717, 1.165) is 0 Å². The van der Waals surface area contributed by atoms with Crippen molar-refractivity contribution in [3.8, 4) is 0 Å². The molecule has 0 saturated carbocycles. The average Bonchev–Trinajstić information content (AvgIpc) is 2.37. The van der Waals surface area contributed by atoms with Crippen LogP contribution < -0.4 is 10.9 Å². The van der Waals surface area contributed by atoms with Crippen molar-refractivity contribution in [1.29, 1.82) is 0 Å². The molecule has 1 N–H and O–H groups in total. The summed E-state index contributed by atoms with van der Waals surface area (Å²) in [6.07, 6.45) is 0. The average molecular weight is 275 g/mol. The second-order valence-corrected chi connectivity index (χ2v) is 4.10. The molecule has 2 aromatic rings. The Hall–Kier alpha value is -2.63. The first kappa shape index (κ1) is 13.8. The largest absolute Gasteiger partial charge is 0.462 e. The van der Waals surface area contributed by atoms with E-state index in [-0.39, 0.29) is 23.7 Å². The van der Waals surface area contributed by atoms with E-state index in [2.05, 4.69) is 5.32 Å². The normalized spacial score (nSPS) is 10.3. The molecule has 6 heteroatoms. The van der Waals surface area contributed by atoms with Gasteiger partial charge in [0, 0.05) is 24.1 Å². The molecule has 0 aliphatic rings. The highest BCUT2D eigenvalue weighted by Crippen LogP contribution is 2.19. The number of hydrogen-bond donors (Lipinski definition) is 1. The van der Waals surface area contributed by atoms with Crippen LogP contribution in [0.2, 0.25) is 0 Å². The third-order valence-electron chi connectivity index (χ3n) is 2.55. The van der Waals surface area contributed by atoms with E-state index in [1.165, 1.54) is 19.1 Å². The molecule has 0 atom stereocenters. The van der Waals surface area contributed by atoms with Crippen LogP contribution in [-0.2, 0) is 9.53 Å². The Bertz CT molecular complexity index is 732. The fourth-order valence-corrected chi connectivity index (χ4v) is 1.74. The van der Waals surface area contributed by atoms with Gasteiger partial charge in [-0.15, -0.1) is 0 Å². The van der Waals surface area contributed by atoms with Crippen LogP contribution in [0.5, 0.6) is 0 Å². The van der Waals surface area contributed by atoms with Crippen LogP contribution in [-0.4, -0.2) is 18.5 Å². The fourth-order valence-electron chi connectivity index (χ4n) is 1.74. The van der Waals surface area contributed by atoms with Gasteiger partial charge in [-0.25, -0.2) is 9.59 Å². The fraction of sp³-hybridized carbons (Fsp3) is 0.214. The lowest BCUT2D eigenvalue weighted by Gasteiger charge is -2.05. The zero-order valence-electron chi connectivity index (χ0n) is 11.1. The van der Waals surface area contributed by atoms with E-state index in [9.17, 15) is 14.4 Å². The Morgan fingerprint density at radius 3 is 2.70 bits per heavy atom. The summed E-state index contributed by atoms with van der Waals surface area (Å²) in [5.74, 6) is -0.941. The summed E-state index contributed by atoms with van der Waals surface area (Å²) in [6.45, 7) is 3.21. The molecule has 0 unspecified atom stereocenters. The van der Waals surface area contributed by atoms with Crippen LogP contribution in [0.4, 0.5) is 5.69 Å². The quantitative estimate of drug-likeness (QED) is 0.683. The molecule has 0 aliphatic heterocycles. The van der Waals surface area contributed by atoms with Crippen molar-refractivity contribution in [2.24, 2.45) is 0 Å². The Morgan fingerprint density at radius 1 is 1.30 bits per heavy atom. The van der Waals surface area contributed by atoms with Gasteiger partial charge in [0.15, 0.2) is 0 Å². The maximum Gasteiger partial charge on any atom is 0.351 e. The lowest BCUT2D eigenvalue weighted by Crippen LogP contribution is -2.16. The zero-order chi connectivity index (χ0) is 14.7. The first-order chi connectivity index (χ1) is 9.51. The van der Waals surface area contributed by atoms with Crippen molar-refractivity contribution in [3.05, 3.63) is 40.2 Å². The molecule has 0 spiro atoms. The summed E-state index contributed by atoms with van der Waals surface area (Å²) in [5.41, 5.74) is -0.117. The van der Waals surface area contributed by atoms with E-state index in [1.807, 2.05) is 0 Å². The van der Waals surface area contributed by atoms with E-state index >= 15 is 0 Å². The van der Waals surface area contributed by atoms with E-state index in [4.69, 9.17) is 9.15 Å². The van der Waals surface area contributed by atoms with E-state index in [0.29, 0.717) is 11.1 Å². The molecule has 6 nitrogen and oxygen atoms in total. The molecule has 0 bridgehead atoms. The van der Waals surface area contributed by atoms with Crippen molar-refractivity contribution >= 4 is 28.5 Å². The molecular formula is C14H13NO5. The molecule has 0 radical (unpaired) electrons. The maximum absolute atomic E-state index is 11.7. The van der Waals surface area contributed by atoms with Gasteiger partial charge in [0.1, 0.15) is 11.1 Å². The van der Waals surface area contributed by atoms with Crippen LogP contribution in [0, 0.1) is 0 Å². The highest BCUT2D eigenvalue weighted by molar-refractivity contribution is 5.95. The summed E-state index contributed by atoms with van der Waals surface area (Å²) in [6, 6.07) is 6.23. The summed E-state index contributed by atoms with van der Waals surface area (Å²) in [7, 11) is 0. The monoisotopic (exact) mass is 275 g/mol. The molecule has 1 aromatic heterocycles. The number of esters is 1. The van der Waals surface area contributed by atoms with Crippen LogP contribution >= 0.6 is 0 Å². The summed E-state index contributed by atoms with van der Waals surface area (Å²) >= 11 is 0. The minimum Gasteiger partial charge on any atom is -0.462 e. The third kappa shape index (κ3) is 2.85. The molecule has 1 amide bonds. The lowest BCUT2D eigenvalue weighted by atomic mass is 10.1. The number of ether oxygens (including phenoxy) is 1. The number of rotatable bonds is 3. The summed E-state index contributed by atoms with van der Waals surface area (Å²) in [4.78, 5) is 34.3. The number of benzene rings is 1. The van der Waals surface area contributed by atoms with Gasteiger partial charge in [0.25, 0.3) is 0 Å². The van der Waals surface area contributed by atoms with Gasteiger partial charge < -0.3 is 14.5 Å². The smallest absolute Gasteiger partial charge is 0.351 e. The number of nitrogens with one attached hydrogen (secondary N) is 1. The standard InChI is InChI=1S/C14H13NO5/c1-3-19-13(17)11-6-9-4-5-10(15-8(2)16)7-12(9)20-14(11)18/h4-7H,3H2,1-2H3,(H,15,16). The Kier molecular flexibility index (Phi) is 3.84. The van der Waals surface area contributed by atoms with Crippen molar-refractivity contribution in [2.75, 3.05) is 11.9 Å². The number of anilines is 1. The molecule has 1 aromatic carbocycles. The van der Waals surface area contributed by atoms with Crippen molar-refractivity contribution in [2.45, 2.75) is 13.8 Å². The predicted octanol–water partition coefficient (Wildman–Crippen LogP) is 1.93. The number of carbonyl (C=O) groups is 2. The highest BCUT2D eigenvalue weighted by Gasteiger charge is 2.14. The second kappa shape index (κ2) is 5.56. The van der Waals surface area contributed by atoms with E-state index < -0.39 is 11.6 Å². The van der Waals surface area contributed by atoms with Crippen molar-refractivity contribution in [1.82, 2.24) is 0 Å². The highest BCUT2D eigenvalue weighted by atomic mass is 16.5. The molecule has 20 heavy (non-hydrogen) atoms. The zero-order valence-corrected chi connectivity index (χ0v) is 11.1. The first-order valence-electron chi connectivity index (χ1n) is 6.04. The Balaban J connectivity index is 2.48. The maximum atomic E-state index is 11.7. The molecule has 2 rings (SSSR count). The third-order valence-corrected chi connectivity index (χ3v) is 2.55. The number of fused-ring (bicyclic) bond motifs is 1. The topological polar surface area (TPSA) is 85.6 Å². The van der Waals surface area contributed by atoms with Crippen LogP contribution in [0.25, 0.3) is 11.0 Å². The molecular weight excluding hydrogens is 262 g/mol. The molecule has 1 heterocycles. The van der Waals surface area contributed by atoms with Crippen LogP contribution in [0.3, 0.4) is 0 Å². The van der Waals surface area contributed by atoms with Gasteiger partial charge in [-0.1, -0.05) is 0 Å². The summed E-state index contributed by atoms with van der Waals surface area (Å²) in [5, 5.41) is 3.15. The molecule has 0 saturated heterocycles. The Morgan fingerprint density at radius 2 is 2.05 bits per heavy atom. The van der Waals surface area contributed by atoms with Gasteiger partial charge in [0.2, 0.25) is 5.91 Å². The van der Waals surface area contributed by atoms with Gasteiger partial charge in [-0.3, -0.25) is 4.79 Å². The number of hydrogen-bond acceptors (Lipinski definition) is 5. The number of carbonyl (C=O) groups excluding carboxylic acids is 2. The van der Waals surface area contributed by atoms with E-state index in [1.54, 1.807) is 19.1 Å². The van der Waals surface area contributed by atoms with Crippen LogP contribution in [0.15, 0.2) is 33.5 Å². The van der Waals surface area contributed by atoms with Gasteiger partial charge in [0.05, 0.1) is 6.61 Å². The second-order valence-electron chi connectivity index (χ2n) is 4.10. The Labute approximate surface area is 114 Å². The van der Waals surface area contributed by atoms with Gasteiger partial charge in [-0.2, -0.15) is 0 Å². The van der Waals surface area contributed by atoms with Crippen molar-refractivity contribution < 1.29 is 18.7 Å². The molecule has 0 fully saturated rings. The van der Waals surface area contributed by atoms with Gasteiger partial charge >= 0.3 is 11.6 Å². The summed E-state index contributed by atoms with van der Waals surface area (Å²) < 4.78 is 9.85. The first-order valence-corrected chi connectivity index (χ1v) is 6.04. The lowest BCUT2D eigenvalue weighted by molar-refractivity contribution is -0.114. The predicted molar refractivity (Wildman–Crippen MR) is 72.7 cm³/mol. The molecule has 0 aliphatic carbocycles. The van der Waals surface area contributed by atoms with Gasteiger partial charge in [-0.05, 0) is 25.1 Å². The van der Waals surface area contributed by atoms with Crippen molar-refractivity contribution in [3.63, 3.8) is 0 Å². The van der Waals surface area contributed by atoms with Crippen LogP contribution in [0.1, 0.15) is 24.2 Å².